The van der Waals surface area contributed by atoms with E-state index in [1.54, 1.807) is 0 Å². The largest absolute Gasteiger partial charge is 0.336 e. The third-order valence-electron chi connectivity index (χ3n) is 4.20. The number of aromatic nitrogens is 2. The highest BCUT2D eigenvalue weighted by atomic mass is 32.2. The topological polar surface area (TPSA) is 17.8 Å². The van der Waals surface area contributed by atoms with Gasteiger partial charge in [-0.2, -0.15) is 11.8 Å². The monoisotopic (exact) mass is 324 g/mol. The Hall–Kier alpha value is -0.440. The Labute approximate surface area is 142 Å². The molecule has 1 aromatic rings. The summed E-state index contributed by atoms with van der Waals surface area (Å²) in [6.07, 6.45) is 21.3. The number of rotatable bonds is 15. The van der Waals surface area contributed by atoms with E-state index in [0.29, 0.717) is 0 Å². The lowest BCUT2D eigenvalue weighted by molar-refractivity contribution is 0.541. The predicted molar refractivity (Wildman–Crippen MR) is 101 cm³/mol. The average Bonchev–Trinajstić information content (AvgIpc) is 3.03. The van der Waals surface area contributed by atoms with Gasteiger partial charge < -0.3 is 4.57 Å². The summed E-state index contributed by atoms with van der Waals surface area (Å²) < 4.78 is 2.24. The minimum atomic E-state index is 0.765. The first kappa shape index (κ1) is 19.6. The molecular formula is C19H36N2S. The maximum absolute atomic E-state index is 4.17. The summed E-state index contributed by atoms with van der Waals surface area (Å²) in [6, 6.07) is 0. The highest BCUT2D eigenvalue weighted by Gasteiger charge is 2.09. The van der Waals surface area contributed by atoms with Gasteiger partial charge in [0.15, 0.2) is 0 Å². The van der Waals surface area contributed by atoms with E-state index in [2.05, 4.69) is 41.4 Å². The minimum absolute atomic E-state index is 0.765. The first-order chi connectivity index (χ1) is 10.9. The van der Waals surface area contributed by atoms with Crippen LogP contribution < -0.4 is 0 Å². The molecular weight excluding hydrogens is 288 g/mol. The van der Waals surface area contributed by atoms with Crippen molar-refractivity contribution in [3.63, 3.8) is 0 Å². The van der Waals surface area contributed by atoms with Gasteiger partial charge in [0.05, 0.1) is 6.33 Å². The molecule has 0 saturated heterocycles. The van der Waals surface area contributed by atoms with Crippen LogP contribution in [0, 0.1) is 0 Å². The van der Waals surface area contributed by atoms with Crippen molar-refractivity contribution in [1.82, 2.24) is 9.55 Å². The van der Waals surface area contributed by atoms with Crippen molar-refractivity contribution in [2.75, 3.05) is 5.75 Å². The lowest BCUT2D eigenvalue weighted by Gasteiger charge is -2.17. The molecule has 0 spiro atoms. The normalized spacial score (nSPS) is 12.6. The molecule has 1 unspecified atom stereocenters. The zero-order chi connectivity index (χ0) is 15.9. The number of thioether (sulfide) groups is 1. The number of hydrogen-bond donors (Lipinski definition) is 0. The van der Waals surface area contributed by atoms with Crippen molar-refractivity contribution in [1.29, 1.82) is 0 Å². The van der Waals surface area contributed by atoms with Crippen molar-refractivity contribution in [2.24, 2.45) is 0 Å². The quantitative estimate of drug-likeness (QED) is 0.351. The fourth-order valence-electron chi connectivity index (χ4n) is 2.76. The van der Waals surface area contributed by atoms with Gasteiger partial charge in [-0.15, -0.1) is 0 Å². The second kappa shape index (κ2) is 14.2. The highest BCUT2D eigenvalue weighted by Crippen LogP contribution is 2.22. The number of imidazole rings is 1. The zero-order valence-corrected chi connectivity index (χ0v) is 15.6. The SMILES string of the molecule is CCCCCCCCCCC(Cn1ccnc1)SCCCC. The molecule has 0 saturated carbocycles. The van der Waals surface area contributed by atoms with Gasteiger partial charge in [-0.1, -0.05) is 71.6 Å². The van der Waals surface area contributed by atoms with Crippen LogP contribution in [0.2, 0.25) is 0 Å². The van der Waals surface area contributed by atoms with E-state index in [1.807, 2.05) is 12.5 Å². The summed E-state index contributed by atoms with van der Waals surface area (Å²) in [7, 11) is 0. The summed E-state index contributed by atoms with van der Waals surface area (Å²) in [5.41, 5.74) is 0. The first-order valence-electron chi connectivity index (χ1n) is 9.44. The molecule has 0 fully saturated rings. The van der Waals surface area contributed by atoms with Crippen LogP contribution in [0.4, 0.5) is 0 Å². The van der Waals surface area contributed by atoms with Crippen LogP contribution in [0.25, 0.3) is 0 Å². The number of unbranched alkanes of at least 4 members (excludes halogenated alkanes) is 8. The van der Waals surface area contributed by atoms with Crippen molar-refractivity contribution < 1.29 is 0 Å². The van der Waals surface area contributed by atoms with Crippen LogP contribution in [0.3, 0.4) is 0 Å². The van der Waals surface area contributed by atoms with Gasteiger partial charge in [-0.3, -0.25) is 0 Å². The second-order valence-electron chi connectivity index (χ2n) is 6.37. The standard InChI is InChI=1S/C19H36N2S/c1-3-5-7-8-9-10-11-12-13-19(22-16-6-4-2)17-21-15-14-20-18-21/h14-15,18-19H,3-13,16-17H2,1-2H3. The highest BCUT2D eigenvalue weighted by molar-refractivity contribution is 7.99. The Kier molecular flexibility index (Phi) is 12.6. The van der Waals surface area contributed by atoms with E-state index in [0.717, 1.165) is 11.8 Å². The van der Waals surface area contributed by atoms with Gasteiger partial charge in [-0.05, 0) is 18.6 Å². The van der Waals surface area contributed by atoms with Crippen LogP contribution in [0.1, 0.15) is 84.5 Å². The van der Waals surface area contributed by atoms with Crippen LogP contribution in [0.15, 0.2) is 18.7 Å². The van der Waals surface area contributed by atoms with Crippen LogP contribution >= 0.6 is 11.8 Å². The molecule has 0 aromatic carbocycles. The van der Waals surface area contributed by atoms with E-state index >= 15 is 0 Å². The number of nitrogens with zero attached hydrogens (tertiary/aromatic N) is 2. The summed E-state index contributed by atoms with van der Waals surface area (Å²) in [5.74, 6) is 1.31. The molecule has 0 aliphatic heterocycles. The molecule has 0 N–H and O–H groups in total. The minimum Gasteiger partial charge on any atom is -0.336 e. The van der Waals surface area contributed by atoms with Crippen LogP contribution in [-0.2, 0) is 6.54 Å². The molecule has 0 amide bonds. The average molecular weight is 325 g/mol. The van der Waals surface area contributed by atoms with Crippen molar-refractivity contribution >= 4 is 11.8 Å². The Bertz CT molecular complexity index is 324. The molecule has 1 atom stereocenters. The van der Waals surface area contributed by atoms with E-state index in [4.69, 9.17) is 0 Å². The van der Waals surface area contributed by atoms with E-state index in [9.17, 15) is 0 Å². The Balaban J connectivity index is 2.11. The maximum Gasteiger partial charge on any atom is 0.0946 e. The molecule has 128 valence electrons. The lowest BCUT2D eigenvalue weighted by atomic mass is 10.1. The molecule has 1 heterocycles. The van der Waals surface area contributed by atoms with Gasteiger partial charge in [0.1, 0.15) is 0 Å². The van der Waals surface area contributed by atoms with Gasteiger partial charge in [0.2, 0.25) is 0 Å². The molecule has 3 heteroatoms. The predicted octanol–water partition coefficient (Wildman–Crippen LogP) is 6.32. The smallest absolute Gasteiger partial charge is 0.0946 e. The van der Waals surface area contributed by atoms with Gasteiger partial charge in [0.25, 0.3) is 0 Å². The molecule has 0 bridgehead atoms. The second-order valence-corrected chi connectivity index (χ2v) is 7.78. The van der Waals surface area contributed by atoms with Gasteiger partial charge in [0, 0.05) is 24.2 Å². The van der Waals surface area contributed by atoms with Gasteiger partial charge in [-0.25, -0.2) is 4.98 Å². The molecule has 0 radical (unpaired) electrons. The lowest BCUT2D eigenvalue weighted by Crippen LogP contribution is -2.12. The van der Waals surface area contributed by atoms with Crippen molar-refractivity contribution in [2.45, 2.75) is 96.3 Å². The Morgan fingerprint density at radius 1 is 0.909 bits per heavy atom. The Morgan fingerprint density at radius 2 is 1.59 bits per heavy atom. The van der Waals surface area contributed by atoms with Crippen molar-refractivity contribution in [3.05, 3.63) is 18.7 Å². The Morgan fingerprint density at radius 3 is 2.23 bits per heavy atom. The molecule has 2 nitrogen and oxygen atoms in total. The van der Waals surface area contributed by atoms with E-state index < -0.39 is 0 Å². The number of hydrogen-bond acceptors (Lipinski definition) is 2. The van der Waals surface area contributed by atoms with Crippen molar-refractivity contribution in [3.8, 4) is 0 Å². The summed E-state index contributed by atoms with van der Waals surface area (Å²) in [6.45, 7) is 5.70. The molecule has 0 aliphatic rings. The van der Waals surface area contributed by atoms with E-state index in [1.165, 1.54) is 76.4 Å². The third kappa shape index (κ3) is 10.3. The molecule has 0 aliphatic carbocycles. The maximum atomic E-state index is 4.17. The third-order valence-corrected chi connectivity index (χ3v) is 5.59. The molecule has 1 rings (SSSR count). The summed E-state index contributed by atoms with van der Waals surface area (Å²) in [5, 5.41) is 0.765. The zero-order valence-electron chi connectivity index (χ0n) is 14.8. The fourth-order valence-corrected chi connectivity index (χ4v) is 4.16. The fraction of sp³-hybridized carbons (Fsp3) is 0.842. The molecule has 22 heavy (non-hydrogen) atoms. The van der Waals surface area contributed by atoms with Crippen LogP contribution in [0.5, 0.6) is 0 Å². The first-order valence-corrected chi connectivity index (χ1v) is 10.5. The summed E-state index contributed by atoms with van der Waals surface area (Å²) >= 11 is 2.17. The summed E-state index contributed by atoms with van der Waals surface area (Å²) in [4.78, 5) is 4.17. The molecule has 1 aromatic heterocycles. The van der Waals surface area contributed by atoms with Crippen LogP contribution in [-0.4, -0.2) is 20.6 Å². The van der Waals surface area contributed by atoms with Gasteiger partial charge >= 0.3 is 0 Å². The van der Waals surface area contributed by atoms with E-state index in [-0.39, 0.29) is 0 Å².